The average molecular weight is 328 g/mol. The standard InChI is InChI=1S/C21H16N2O2/c1-15-7-5-10-17(13-15)23-20(16-8-3-2-4-9-16)22-19(21(23)24)14-18-11-6-12-25-18/h2-14H,1H3/b19-14+. The van der Waals surface area contributed by atoms with Crippen LogP contribution in [0, 0.1) is 6.92 Å². The molecule has 0 radical (unpaired) electrons. The molecule has 0 unspecified atom stereocenters. The number of furan rings is 1. The molecule has 0 atom stereocenters. The van der Waals surface area contributed by atoms with Crippen molar-refractivity contribution < 1.29 is 9.21 Å². The highest BCUT2D eigenvalue weighted by Crippen LogP contribution is 2.28. The molecule has 4 rings (SSSR count). The molecule has 1 aliphatic rings. The summed E-state index contributed by atoms with van der Waals surface area (Å²) < 4.78 is 5.33. The minimum Gasteiger partial charge on any atom is -0.465 e. The second-order valence-corrected chi connectivity index (χ2v) is 5.83. The van der Waals surface area contributed by atoms with Gasteiger partial charge in [-0.15, -0.1) is 0 Å². The van der Waals surface area contributed by atoms with Gasteiger partial charge in [0.05, 0.1) is 12.0 Å². The zero-order chi connectivity index (χ0) is 17.2. The van der Waals surface area contributed by atoms with Crippen LogP contribution in [0.1, 0.15) is 16.9 Å². The largest absolute Gasteiger partial charge is 0.465 e. The first-order valence-corrected chi connectivity index (χ1v) is 8.03. The van der Waals surface area contributed by atoms with E-state index < -0.39 is 0 Å². The van der Waals surface area contributed by atoms with Crippen molar-refractivity contribution in [3.05, 3.63) is 95.6 Å². The van der Waals surface area contributed by atoms with E-state index in [1.165, 1.54) is 0 Å². The van der Waals surface area contributed by atoms with Crippen LogP contribution in [-0.4, -0.2) is 11.7 Å². The van der Waals surface area contributed by atoms with Crippen molar-refractivity contribution in [2.45, 2.75) is 6.92 Å². The SMILES string of the molecule is Cc1cccc(N2C(=O)/C(=C\c3ccco3)N=C2c2ccccc2)c1. The summed E-state index contributed by atoms with van der Waals surface area (Å²) in [4.78, 5) is 19.3. The summed E-state index contributed by atoms with van der Waals surface area (Å²) in [5.74, 6) is 1.06. The molecule has 0 saturated heterocycles. The van der Waals surface area contributed by atoms with E-state index >= 15 is 0 Å². The Morgan fingerprint density at radius 1 is 1.00 bits per heavy atom. The van der Waals surface area contributed by atoms with E-state index in [4.69, 9.17) is 4.42 Å². The normalized spacial score (nSPS) is 15.7. The van der Waals surface area contributed by atoms with Crippen LogP contribution in [0.4, 0.5) is 5.69 Å². The molecule has 4 nitrogen and oxygen atoms in total. The van der Waals surface area contributed by atoms with Gasteiger partial charge in [-0.05, 0) is 36.8 Å². The van der Waals surface area contributed by atoms with Crippen molar-refractivity contribution in [3.8, 4) is 0 Å². The highest BCUT2D eigenvalue weighted by atomic mass is 16.3. The van der Waals surface area contributed by atoms with Crippen molar-refractivity contribution in [3.63, 3.8) is 0 Å². The fraction of sp³-hybridized carbons (Fsp3) is 0.0476. The molecule has 0 aliphatic carbocycles. The number of nitrogens with zero attached hydrogens (tertiary/aromatic N) is 2. The van der Waals surface area contributed by atoms with Crippen molar-refractivity contribution in [1.29, 1.82) is 0 Å². The van der Waals surface area contributed by atoms with E-state index in [0.717, 1.165) is 16.8 Å². The molecule has 4 heteroatoms. The molecule has 2 heterocycles. The van der Waals surface area contributed by atoms with Crippen LogP contribution in [0.2, 0.25) is 0 Å². The molecule has 122 valence electrons. The number of hydrogen-bond donors (Lipinski definition) is 0. The van der Waals surface area contributed by atoms with Gasteiger partial charge in [-0.3, -0.25) is 9.69 Å². The van der Waals surface area contributed by atoms with E-state index in [-0.39, 0.29) is 5.91 Å². The molecule has 25 heavy (non-hydrogen) atoms. The van der Waals surface area contributed by atoms with Crippen LogP contribution < -0.4 is 4.90 Å². The number of amidine groups is 1. The lowest BCUT2D eigenvalue weighted by Gasteiger charge is -2.19. The lowest BCUT2D eigenvalue weighted by molar-refractivity contribution is -0.113. The number of aryl methyl sites for hydroxylation is 1. The van der Waals surface area contributed by atoms with Crippen LogP contribution in [0.25, 0.3) is 6.08 Å². The third-order valence-corrected chi connectivity index (χ3v) is 3.97. The van der Waals surface area contributed by atoms with Gasteiger partial charge >= 0.3 is 0 Å². The molecule has 2 aromatic carbocycles. The van der Waals surface area contributed by atoms with E-state index in [1.807, 2.05) is 61.5 Å². The summed E-state index contributed by atoms with van der Waals surface area (Å²) in [5.41, 5.74) is 3.13. The van der Waals surface area contributed by atoms with Gasteiger partial charge in [-0.25, -0.2) is 4.99 Å². The molecule has 3 aromatic rings. The Hall–Kier alpha value is -3.40. The molecule has 0 fully saturated rings. The number of rotatable bonds is 3. The maximum Gasteiger partial charge on any atom is 0.282 e. The third-order valence-electron chi connectivity index (χ3n) is 3.97. The van der Waals surface area contributed by atoms with Gasteiger partial charge in [0.1, 0.15) is 17.3 Å². The van der Waals surface area contributed by atoms with Crippen molar-refractivity contribution in [2.75, 3.05) is 4.90 Å². The Kier molecular flexibility index (Phi) is 3.78. The van der Waals surface area contributed by atoms with Crippen LogP contribution in [0.3, 0.4) is 0 Å². The molecule has 1 aromatic heterocycles. The minimum absolute atomic E-state index is 0.166. The second kappa shape index (κ2) is 6.24. The Morgan fingerprint density at radius 2 is 1.84 bits per heavy atom. The smallest absolute Gasteiger partial charge is 0.282 e. The molecule has 0 saturated carbocycles. The maximum atomic E-state index is 13.0. The highest BCUT2D eigenvalue weighted by Gasteiger charge is 2.32. The highest BCUT2D eigenvalue weighted by molar-refractivity contribution is 6.33. The topological polar surface area (TPSA) is 45.8 Å². The monoisotopic (exact) mass is 328 g/mol. The number of hydrogen-bond acceptors (Lipinski definition) is 3. The Balaban J connectivity index is 1.84. The van der Waals surface area contributed by atoms with E-state index in [1.54, 1.807) is 29.4 Å². The lowest BCUT2D eigenvalue weighted by atomic mass is 10.1. The van der Waals surface area contributed by atoms with Gasteiger partial charge in [-0.2, -0.15) is 0 Å². The predicted octanol–water partition coefficient (Wildman–Crippen LogP) is 4.42. The quantitative estimate of drug-likeness (QED) is 0.668. The van der Waals surface area contributed by atoms with Crippen LogP contribution in [0.5, 0.6) is 0 Å². The van der Waals surface area contributed by atoms with Crippen LogP contribution >= 0.6 is 0 Å². The number of benzene rings is 2. The number of carbonyl (C=O) groups excluding carboxylic acids is 1. The summed E-state index contributed by atoms with van der Waals surface area (Å²) in [6, 6.07) is 21.1. The summed E-state index contributed by atoms with van der Waals surface area (Å²) in [7, 11) is 0. The summed E-state index contributed by atoms with van der Waals surface area (Å²) in [5, 5.41) is 0. The fourth-order valence-corrected chi connectivity index (χ4v) is 2.81. The Bertz CT molecular complexity index is 970. The van der Waals surface area contributed by atoms with Gasteiger partial charge in [0.15, 0.2) is 0 Å². The number of amides is 1. The first-order chi connectivity index (χ1) is 12.2. The van der Waals surface area contributed by atoms with Crippen molar-refractivity contribution in [2.24, 2.45) is 4.99 Å². The maximum absolute atomic E-state index is 13.0. The zero-order valence-corrected chi connectivity index (χ0v) is 13.7. The Morgan fingerprint density at radius 3 is 2.56 bits per heavy atom. The van der Waals surface area contributed by atoms with E-state index in [0.29, 0.717) is 17.3 Å². The molecule has 1 aliphatic heterocycles. The Labute approximate surface area is 145 Å². The minimum atomic E-state index is -0.166. The van der Waals surface area contributed by atoms with Crippen molar-refractivity contribution in [1.82, 2.24) is 0 Å². The third kappa shape index (κ3) is 2.90. The zero-order valence-electron chi connectivity index (χ0n) is 13.7. The second-order valence-electron chi connectivity index (χ2n) is 5.83. The number of aliphatic imine (C=N–C) groups is 1. The average Bonchev–Trinajstić information content (AvgIpc) is 3.25. The predicted molar refractivity (Wildman–Crippen MR) is 98.3 cm³/mol. The van der Waals surface area contributed by atoms with E-state index in [2.05, 4.69) is 4.99 Å². The molecular weight excluding hydrogens is 312 g/mol. The van der Waals surface area contributed by atoms with Gasteiger partial charge < -0.3 is 4.42 Å². The summed E-state index contributed by atoms with van der Waals surface area (Å²) in [6.07, 6.45) is 3.24. The molecular formula is C21H16N2O2. The molecule has 0 N–H and O–H groups in total. The number of carbonyl (C=O) groups is 1. The molecule has 0 bridgehead atoms. The van der Waals surface area contributed by atoms with Gasteiger partial charge in [-0.1, -0.05) is 42.5 Å². The molecule has 0 spiro atoms. The first kappa shape index (κ1) is 15.1. The fourth-order valence-electron chi connectivity index (χ4n) is 2.81. The van der Waals surface area contributed by atoms with Gasteiger partial charge in [0.2, 0.25) is 0 Å². The van der Waals surface area contributed by atoms with Gasteiger partial charge in [0.25, 0.3) is 5.91 Å². The van der Waals surface area contributed by atoms with Crippen molar-refractivity contribution >= 4 is 23.5 Å². The first-order valence-electron chi connectivity index (χ1n) is 8.03. The summed E-state index contributed by atoms with van der Waals surface area (Å²) in [6.45, 7) is 2.00. The summed E-state index contributed by atoms with van der Waals surface area (Å²) >= 11 is 0. The van der Waals surface area contributed by atoms with Crippen LogP contribution in [-0.2, 0) is 4.79 Å². The van der Waals surface area contributed by atoms with Gasteiger partial charge in [0, 0.05) is 11.6 Å². The lowest BCUT2D eigenvalue weighted by Crippen LogP contribution is -2.32. The molecule has 1 amide bonds. The van der Waals surface area contributed by atoms with Crippen LogP contribution in [0.15, 0.2) is 88.1 Å². The number of anilines is 1. The van der Waals surface area contributed by atoms with E-state index in [9.17, 15) is 4.79 Å².